The Bertz CT molecular complexity index is 1050. The molecule has 1 aliphatic heterocycles. The molecule has 7 heteroatoms. The number of amides is 1. The molecular formula is C22H24N4O2S. The number of H-pyrrole nitrogens is 1. The van der Waals surface area contributed by atoms with Crippen molar-refractivity contribution in [1.29, 1.82) is 0 Å². The molecule has 1 saturated heterocycles. The van der Waals surface area contributed by atoms with Gasteiger partial charge in [-0.3, -0.25) is 19.0 Å². The molecule has 1 aromatic heterocycles. The van der Waals surface area contributed by atoms with E-state index in [1.54, 1.807) is 12.1 Å². The first kappa shape index (κ1) is 19.7. The Hall–Kier alpha value is -2.64. The third kappa shape index (κ3) is 3.93. The van der Waals surface area contributed by atoms with Gasteiger partial charge in [-0.1, -0.05) is 37.1 Å². The summed E-state index contributed by atoms with van der Waals surface area (Å²) in [5.41, 5.74) is 10.1. The van der Waals surface area contributed by atoms with Crippen molar-refractivity contribution < 1.29 is 9.59 Å². The second-order valence-corrected chi connectivity index (χ2v) is 8.64. The van der Waals surface area contributed by atoms with Crippen LogP contribution >= 0.6 is 11.9 Å². The maximum absolute atomic E-state index is 12.1. The molecule has 2 aromatic carbocycles. The fourth-order valence-electron chi connectivity index (χ4n) is 4.05. The molecule has 1 amide bonds. The molecule has 29 heavy (non-hydrogen) atoms. The molecule has 2 heterocycles. The van der Waals surface area contributed by atoms with Gasteiger partial charge in [-0.25, -0.2) is 0 Å². The molecule has 0 radical (unpaired) electrons. The Morgan fingerprint density at radius 3 is 2.76 bits per heavy atom. The first-order valence-corrected chi connectivity index (χ1v) is 10.8. The summed E-state index contributed by atoms with van der Waals surface area (Å²) in [5.74, 6) is 0.949. The molecule has 1 aliphatic rings. The van der Waals surface area contributed by atoms with Gasteiger partial charge < -0.3 is 5.73 Å². The van der Waals surface area contributed by atoms with Gasteiger partial charge in [-0.2, -0.15) is 5.10 Å². The Kier molecular flexibility index (Phi) is 5.69. The molecule has 150 valence electrons. The Morgan fingerprint density at radius 1 is 1.28 bits per heavy atom. The predicted molar refractivity (Wildman–Crippen MR) is 117 cm³/mol. The highest BCUT2D eigenvalue weighted by molar-refractivity contribution is 7.96. The zero-order valence-electron chi connectivity index (χ0n) is 16.4. The maximum atomic E-state index is 12.1. The number of carbonyl (C=O) groups is 2. The number of aromatic amines is 1. The van der Waals surface area contributed by atoms with Gasteiger partial charge in [0.1, 0.15) is 11.8 Å². The number of benzene rings is 2. The fourth-order valence-corrected chi connectivity index (χ4v) is 4.88. The number of primary amides is 1. The molecule has 0 saturated carbocycles. The van der Waals surface area contributed by atoms with Crippen LogP contribution < -0.4 is 5.73 Å². The van der Waals surface area contributed by atoms with Crippen molar-refractivity contribution in [2.45, 2.75) is 25.7 Å². The third-order valence-corrected chi connectivity index (χ3v) is 6.47. The van der Waals surface area contributed by atoms with E-state index in [0.717, 1.165) is 60.2 Å². The highest BCUT2D eigenvalue weighted by atomic mass is 32.2. The van der Waals surface area contributed by atoms with Crippen molar-refractivity contribution in [3.05, 3.63) is 53.2 Å². The average molecular weight is 409 g/mol. The van der Waals surface area contributed by atoms with Gasteiger partial charge in [-0.15, -0.1) is 0 Å². The van der Waals surface area contributed by atoms with E-state index in [0.29, 0.717) is 22.6 Å². The normalized spacial score (nSPS) is 15.6. The molecule has 0 spiro atoms. The monoisotopic (exact) mass is 408 g/mol. The molecule has 3 N–H and O–H groups in total. The quantitative estimate of drug-likeness (QED) is 0.475. The minimum atomic E-state index is -0.504. The lowest BCUT2D eigenvalue weighted by Gasteiger charge is -2.30. The SMILES string of the molecule is CCSN1CCC(c2[nH]nc3c(C(N)=O)cc(-c4cccc(C=O)c4)cc23)CC1. The van der Waals surface area contributed by atoms with Gasteiger partial charge >= 0.3 is 0 Å². The second kappa shape index (κ2) is 8.39. The van der Waals surface area contributed by atoms with Crippen LogP contribution in [-0.2, 0) is 0 Å². The van der Waals surface area contributed by atoms with Crippen LogP contribution in [0.5, 0.6) is 0 Å². The number of nitrogens with zero attached hydrogens (tertiary/aromatic N) is 2. The Morgan fingerprint density at radius 2 is 2.07 bits per heavy atom. The molecule has 0 atom stereocenters. The van der Waals surface area contributed by atoms with Gasteiger partial charge in [-0.05, 0) is 42.2 Å². The standard InChI is InChI=1S/C22H24N4O2S/c1-2-29-26-8-6-15(7-9-26)20-18-11-17(16-5-3-4-14(10-16)13-27)12-19(22(23)28)21(18)25-24-20/h3-5,10-13,15H,2,6-9H2,1H3,(H2,23,28)(H,24,25). The van der Waals surface area contributed by atoms with E-state index in [1.165, 1.54) is 0 Å². The largest absolute Gasteiger partial charge is 0.366 e. The molecule has 6 nitrogen and oxygen atoms in total. The number of hydrogen-bond acceptors (Lipinski definition) is 5. The lowest BCUT2D eigenvalue weighted by atomic mass is 9.90. The van der Waals surface area contributed by atoms with Crippen molar-refractivity contribution in [3.8, 4) is 11.1 Å². The fraction of sp³-hybridized carbons (Fsp3) is 0.318. The van der Waals surface area contributed by atoms with Gasteiger partial charge in [0.2, 0.25) is 0 Å². The molecule has 0 bridgehead atoms. The summed E-state index contributed by atoms with van der Waals surface area (Å²) >= 11 is 1.88. The molecule has 0 aliphatic carbocycles. The number of rotatable bonds is 6. The maximum Gasteiger partial charge on any atom is 0.251 e. The van der Waals surface area contributed by atoms with Gasteiger partial charge in [0.25, 0.3) is 5.91 Å². The summed E-state index contributed by atoms with van der Waals surface area (Å²) in [5, 5.41) is 8.56. The van der Waals surface area contributed by atoms with Crippen LogP contribution in [0.25, 0.3) is 22.0 Å². The van der Waals surface area contributed by atoms with Crippen molar-refractivity contribution >= 4 is 35.0 Å². The second-order valence-electron chi connectivity index (χ2n) is 7.29. The molecular weight excluding hydrogens is 384 g/mol. The van der Waals surface area contributed by atoms with E-state index in [2.05, 4.69) is 27.5 Å². The van der Waals surface area contributed by atoms with E-state index >= 15 is 0 Å². The van der Waals surface area contributed by atoms with E-state index < -0.39 is 5.91 Å². The number of carbonyl (C=O) groups excluding carboxylic acids is 2. The highest BCUT2D eigenvalue weighted by Crippen LogP contribution is 2.36. The molecule has 1 fully saturated rings. The van der Waals surface area contributed by atoms with Crippen LogP contribution in [0.2, 0.25) is 0 Å². The number of aromatic nitrogens is 2. The van der Waals surface area contributed by atoms with Crippen molar-refractivity contribution in [3.63, 3.8) is 0 Å². The van der Waals surface area contributed by atoms with E-state index in [1.807, 2.05) is 30.1 Å². The van der Waals surface area contributed by atoms with Crippen LogP contribution in [0.15, 0.2) is 36.4 Å². The average Bonchev–Trinajstić information content (AvgIpc) is 3.17. The summed E-state index contributed by atoms with van der Waals surface area (Å²) in [4.78, 5) is 23.3. The van der Waals surface area contributed by atoms with Crippen LogP contribution in [0.3, 0.4) is 0 Å². The van der Waals surface area contributed by atoms with E-state index in [4.69, 9.17) is 5.73 Å². The highest BCUT2D eigenvalue weighted by Gasteiger charge is 2.25. The molecule has 4 rings (SSSR count). The summed E-state index contributed by atoms with van der Waals surface area (Å²) in [6.07, 6.45) is 2.91. The molecule has 0 unspecified atom stereocenters. The number of hydrogen-bond donors (Lipinski definition) is 2. The number of fused-ring (bicyclic) bond motifs is 1. The zero-order chi connectivity index (χ0) is 20.4. The predicted octanol–water partition coefficient (Wildman–Crippen LogP) is 3.99. The Labute approximate surface area is 174 Å². The van der Waals surface area contributed by atoms with Crippen LogP contribution in [-0.4, -0.2) is 45.5 Å². The summed E-state index contributed by atoms with van der Waals surface area (Å²) < 4.78 is 2.42. The smallest absolute Gasteiger partial charge is 0.251 e. The van der Waals surface area contributed by atoms with Crippen molar-refractivity contribution in [1.82, 2.24) is 14.5 Å². The topological polar surface area (TPSA) is 92.1 Å². The lowest BCUT2D eigenvalue weighted by molar-refractivity contribution is 0.100. The van der Waals surface area contributed by atoms with E-state index in [-0.39, 0.29) is 0 Å². The van der Waals surface area contributed by atoms with E-state index in [9.17, 15) is 9.59 Å². The summed E-state index contributed by atoms with van der Waals surface area (Å²) in [7, 11) is 0. The number of nitrogens with one attached hydrogen (secondary N) is 1. The minimum Gasteiger partial charge on any atom is -0.366 e. The zero-order valence-corrected chi connectivity index (χ0v) is 17.2. The number of piperidine rings is 1. The third-order valence-electron chi connectivity index (χ3n) is 5.48. The van der Waals surface area contributed by atoms with Crippen molar-refractivity contribution in [2.75, 3.05) is 18.8 Å². The first-order valence-electron chi connectivity index (χ1n) is 9.86. The van der Waals surface area contributed by atoms with Crippen molar-refractivity contribution in [2.24, 2.45) is 5.73 Å². The number of nitrogens with two attached hydrogens (primary N) is 1. The minimum absolute atomic E-state index is 0.367. The van der Waals surface area contributed by atoms with Gasteiger partial charge in [0.15, 0.2) is 0 Å². The number of aldehydes is 1. The Balaban J connectivity index is 1.77. The lowest BCUT2D eigenvalue weighted by Crippen LogP contribution is -2.28. The van der Waals surface area contributed by atoms with Crippen LogP contribution in [0.4, 0.5) is 0 Å². The summed E-state index contributed by atoms with van der Waals surface area (Å²) in [6.45, 7) is 4.24. The first-order chi connectivity index (χ1) is 14.1. The molecule has 3 aromatic rings. The summed E-state index contributed by atoms with van der Waals surface area (Å²) in [6, 6.07) is 11.2. The van der Waals surface area contributed by atoms with Gasteiger partial charge in [0, 0.05) is 41.4 Å². The van der Waals surface area contributed by atoms with Crippen LogP contribution in [0, 0.1) is 0 Å². The van der Waals surface area contributed by atoms with Crippen LogP contribution in [0.1, 0.15) is 52.1 Å². The van der Waals surface area contributed by atoms with Gasteiger partial charge in [0.05, 0.1) is 5.56 Å².